The van der Waals surface area contributed by atoms with Gasteiger partial charge in [0, 0.05) is 12.8 Å². The zero-order valence-corrected chi connectivity index (χ0v) is 6.31. The molecule has 0 aliphatic carbocycles. The van der Waals surface area contributed by atoms with Crippen LogP contribution >= 0.6 is 11.8 Å². The molecule has 0 bridgehead atoms. The average Bonchev–Trinajstić information content (AvgIpc) is 1.84. The van der Waals surface area contributed by atoms with Gasteiger partial charge in [-0.2, -0.15) is 11.8 Å². The fraction of sp³-hybridized carbons (Fsp3) is 0.833. The van der Waals surface area contributed by atoms with E-state index in [9.17, 15) is 8.78 Å². The Balaban J connectivity index is 3.33. The van der Waals surface area contributed by atoms with Gasteiger partial charge in [-0.15, -0.1) is 0 Å². The fourth-order valence-corrected chi connectivity index (χ4v) is 0.879. The van der Waals surface area contributed by atoms with Crippen LogP contribution in [0.2, 0.25) is 0 Å². The van der Waals surface area contributed by atoms with Crippen molar-refractivity contribution in [2.45, 2.75) is 18.8 Å². The van der Waals surface area contributed by atoms with Crippen molar-refractivity contribution in [1.29, 1.82) is 0 Å². The largest absolute Gasteiger partial charge is 0.248 e. The summed E-state index contributed by atoms with van der Waals surface area (Å²) >= 11 is 1.44. The van der Waals surface area contributed by atoms with Crippen LogP contribution < -0.4 is 0 Å². The predicted molar refractivity (Wildman–Crippen MR) is 37.9 cm³/mol. The van der Waals surface area contributed by atoms with Crippen molar-refractivity contribution >= 4 is 11.8 Å². The van der Waals surface area contributed by atoms with Crippen molar-refractivity contribution in [2.75, 3.05) is 12.0 Å². The maximum atomic E-state index is 12.3. The molecule has 0 aromatic heterocycles. The summed E-state index contributed by atoms with van der Waals surface area (Å²) in [7, 11) is 0. The molecule has 0 fully saturated rings. The molecule has 0 atom stereocenters. The van der Waals surface area contributed by atoms with E-state index in [-0.39, 0.29) is 12.8 Å². The first-order valence-electron chi connectivity index (χ1n) is 2.78. The Hall–Kier alpha value is 0.210. The lowest BCUT2D eigenvalue weighted by Crippen LogP contribution is -2.14. The minimum Gasteiger partial charge on any atom is -0.207 e. The highest BCUT2D eigenvalue weighted by molar-refractivity contribution is 7.98. The second-order valence-electron chi connectivity index (χ2n) is 1.85. The molecule has 0 unspecified atom stereocenters. The molecular weight excluding hydrogens is 142 g/mol. The Morgan fingerprint density at radius 1 is 1.56 bits per heavy atom. The molecule has 0 N–H and O–H groups in total. The Morgan fingerprint density at radius 3 is 2.44 bits per heavy atom. The van der Waals surface area contributed by atoms with Crippen LogP contribution in [0, 0.1) is 6.92 Å². The molecule has 0 heterocycles. The maximum Gasteiger partial charge on any atom is 0.248 e. The van der Waals surface area contributed by atoms with Gasteiger partial charge < -0.3 is 0 Å². The molecule has 0 spiro atoms. The van der Waals surface area contributed by atoms with Gasteiger partial charge in [-0.05, 0) is 18.9 Å². The van der Waals surface area contributed by atoms with Crippen LogP contribution in [0.15, 0.2) is 0 Å². The molecule has 9 heavy (non-hydrogen) atoms. The topological polar surface area (TPSA) is 0 Å². The predicted octanol–water partition coefficient (Wildman–Crippen LogP) is 2.60. The van der Waals surface area contributed by atoms with Crippen LogP contribution in [-0.4, -0.2) is 17.9 Å². The highest BCUT2D eigenvalue weighted by atomic mass is 32.2. The summed E-state index contributed by atoms with van der Waals surface area (Å²) in [4.78, 5) is 0. The lowest BCUT2D eigenvalue weighted by molar-refractivity contribution is 0.00109. The van der Waals surface area contributed by atoms with E-state index >= 15 is 0 Å². The molecule has 3 heteroatoms. The Labute approximate surface area is 59.0 Å². The monoisotopic (exact) mass is 153 g/mol. The van der Waals surface area contributed by atoms with Gasteiger partial charge in [0.05, 0.1) is 0 Å². The third kappa shape index (κ3) is 4.70. The number of rotatable bonds is 4. The molecule has 0 aromatic rings. The first-order valence-corrected chi connectivity index (χ1v) is 4.18. The van der Waals surface area contributed by atoms with Crippen molar-refractivity contribution in [1.82, 2.24) is 0 Å². The van der Waals surface area contributed by atoms with E-state index < -0.39 is 5.92 Å². The lowest BCUT2D eigenvalue weighted by atomic mass is 10.2. The Bertz CT molecular complexity index is 73.5. The number of hydrogen-bond donors (Lipinski definition) is 0. The zero-order chi connectivity index (χ0) is 7.33. The van der Waals surface area contributed by atoms with Gasteiger partial charge in [-0.25, -0.2) is 8.78 Å². The summed E-state index contributed by atoms with van der Waals surface area (Å²) in [6, 6.07) is 0. The number of alkyl halides is 2. The van der Waals surface area contributed by atoms with Gasteiger partial charge in [0.2, 0.25) is 5.92 Å². The summed E-state index contributed by atoms with van der Waals surface area (Å²) < 4.78 is 24.5. The minimum atomic E-state index is -2.54. The minimum absolute atomic E-state index is 0.0440. The average molecular weight is 153 g/mol. The van der Waals surface area contributed by atoms with Crippen LogP contribution in [0.4, 0.5) is 8.78 Å². The molecule has 55 valence electrons. The molecule has 0 rings (SSSR count). The summed E-state index contributed by atoms with van der Waals surface area (Å²) in [6.45, 7) is 3.15. The summed E-state index contributed by atoms with van der Waals surface area (Å²) in [5.41, 5.74) is 0. The number of halogens is 2. The van der Waals surface area contributed by atoms with Crippen molar-refractivity contribution < 1.29 is 8.78 Å². The van der Waals surface area contributed by atoms with Gasteiger partial charge in [0.15, 0.2) is 0 Å². The van der Waals surface area contributed by atoms with Crippen LogP contribution in [0.1, 0.15) is 12.8 Å². The summed E-state index contributed by atoms with van der Waals surface area (Å²) in [6.07, 6.45) is 1.49. The van der Waals surface area contributed by atoms with Crippen molar-refractivity contribution in [3.05, 3.63) is 6.92 Å². The quantitative estimate of drug-likeness (QED) is 0.598. The SMILES string of the molecule is [CH2]CC(F)(F)CCSC. The van der Waals surface area contributed by atoms with Crippen LogP contribution in [0.25, 0.3) is 0 Å². The van der Waals surface area contributed by atoms with Gasteiger partial charge in [0.25, 0.3) is 0 Å². The second-order valence-corrected chi connectivity index (χ2v) is 2.83. The highest BCUT2D eigenvalue weighted by Crippen LogP contribution is 2.23. The van der Waals surface area contributed by atoms with Crippen molar-refractivity contribution in [3.63, 3.8) is 0 Å². The molecule has 0 saturated carbocycles. The third-order valence-corrected chi connectivity index (χ3v) is 1.65. The normalized spacial score (nSPS) is 12.0. The van der Waals surface area contributed by atoms with Crippen LogP contribution in [0.5, 0.6) is 0 Å². The smallest absolute Gasteiger partial charge is 0.207 e. The third-order valence-electron chi connectivity index (χ3n) is 1.04. The molecule has 0 aromatic carbocycles. The van der Waals surface area contributed by atoms with E-state index in [1.54, 1.807) is 0 Å². The van der Waals surface area contributed by atoms with Gasteiger partial charge in [-0.1, -0.05) is 0 Å². The molecule has 0 aliphatic heterocycles. The molecular formula is C6H11F2S. The highest BCUT2D eigenvalue weighted by Gasteiger charge is 2.24. The molecule has 1 radical (unpaired) electrons. The van der Waals surface area contributed by atoms with E-state index in [1.165, 1.54) is 11.8 Å². The van der Waals surface area contributed by atoms with E-state index in [0.29, 0.717) is 5.75 Å². The first-order chi connectivity index (χ1) is 4.12. The van der Waals surface area contributed by atoms with E-state index in [4.69, 9.17) is 0 Å². The summed E-state index contributed by atoms with van der Waals surface area (Å²) in [5, 5.41) is 0. The van der Waals surface area contributed by atoms with Crippen LogP contribution in [0.3, 0.4) is 0 Å². The first kappa shape index (κ1) is 9.21. The Kier molecular flexibility index (Phi) is 4.19. The van der Waals surface area contributed by atoms with Gasteiger partial charge in [0.1, 0.15) is 0 Å². The lowest BCUT2D eigenvalue weighted by Gasteiger charge is -2.11. The van der Waals surface area contributed by atoms with E-state index in [0.717, 1.165) is 0 Å². The number of thioether (sulfide) groups is 1. The van der Waals surface area contributed by atoms with Gasteiger partial charge in [-0.3, -0.25) is 0 Å². The molecule has 0 nitrogen and oxygen atoms in total. The van der Waals surface area contributed by atoms with Crippen molar-refractivity contribution in [3.8, 4) is 0 Å². The van der Waals surface area contributed by atoms with Crippen LogP contribution in [-0.2, 0) is 0 Å². The fourth-order valence-electron chi connectivity index (χ4n) is 0.376. The molecule has 0 amide bonds. The standard InChI is InChI=1S/C6H11F2S/c1-3-6(7,8)4-5-9-2/h1,3-5H2,2H3. The number of hydrogen-bond acceptors (Lipinski definition) is 1. The van der Waals surface area contributed by atoms with E-state index in [1.807, 2.05) is 6.26 Å². The zero-order valence-electron chi connectivity index (χ0n) is 5.49. The molecule has 0 aliphatic rings. The second kappa shape index (κ2) is 4.09. The maximum absolute atomic E-state index is 12.3. The van der Waals surface area contributed by atoms with Gasteiger partial charge >= 0.3 is 0 Å². The Morgan fingerprint density at radius 2 is 2.11 bits per heavy atom. The van der Waals surface area contributed by atoms with E-state index in [2.05, 4.69) is 6.92 Å². The van der Waals surface area contributed by atoms with Crippen molar-refractivity contribution in [2.24, 2.45) is 0 Å². The summed E-state index contributed by atoms with van der Waals surface area (Å²) in [5.74, 6) is -2.02. The molecule has 0 saturated heterocycles.